The van der Waals surface area contributed by atoms with Crippen LogP contribution in [0.5, 0.6) is 11.5 Å². The van der Waals surface area contributed by atoms with Crippen LogP contribution in [-0.2, 0) is 0 Å². The number of aryl methyl sites for hydroxylation is 1. The van der Waals surface area contributed by atoms with E-state index < -0.39 is 0 Å². The van der Waals surface area contributed by atoms with Crippen molar-refractivity contribution in [3.63, 3.8) is 0 Å². The first-order chi connectivity index (χ1) is 15.9. The first kappa shape index (κ1) is 21.5. The second kappa shape index (κ2) is 8.51. The lowest BCUT2D eigenvalue weighted by molar-refractivity contribution is 0.0797. The smallest absolute Gasteiger partial charge is 0.326 e. The van der Waals surface area contributed by atoms with E-state index in [1.807, 2.05) is 62.1 Å². The Balaban J connectivity index is 1.45. The minimum atomic E-state index is -0.143. The number of hydrogen-bond acceptors (Lipinski definition) is 5. The standard InChI is InChI=1S/C25H26N4O3S/c1-15(2)27-25(31)29-16(3)12-17-13-18(6-7-20(17)29)32-21-8-9-26-19-14-22(33-23(19)21)24(30)28-10-4-5-11-28/h6-9,12-15H,4-5,10-11H2,1-3H3,(H,27,31). The fourth-order valence-corrected chi connectivity index (χ4v) is 5.31. The number of rotatable bonds is 4. The zero-order chi connectivity index (χ0) is 23.1. The summed E-state index contributed by atoms with van der Waals surface area (Å²) in [4.78, 5) is 32.5. The average molecular weight is 463 g/mol. The van der Waals surface area contributed by atoms with Crippen molar-refractivity contribution in [2.75, 3.05) is 13.1 Å². The van der Waals surface area contributed by atoms with Gasteiger partial charge in [0.1, 0.15) is 11.5 Å². The number of carbonyl (C=O) groups excluding carboxylic acids is 2. The zero-order valence-corrected chi connectivity index (χ0v) is 19.7. The molecule has 0 radical (unpaired) electrons. The van der Waals surface area contributed by atoms with Crippen LogP contribution in [0.3, 0.4) is 0 Å². The molecule has 0 atom stereocenters. The molecule has 4 aromatic rings. The number of thiophene rings is 1. The number of amides is 2. The maximum absolute atomic E-state index is 12.8. The number of likely N-dealkylation sites (tertiary alicyclic amines) is 1. The molecule has 1 saturated heterocycles. The highest BCUT2D eigenvalue weighted by atomic mass is 32.1. The molecule has 2 amide bonds. The van der Waals surface area contributed by atoms with Crippen molar-refractivity contribution in [1.82, 2.24) is 19.8 Å². The lowest BCUT2D eigenvalue weighted by atomic mass is 10.2. The second-order valence-electron chi connectivity index (χ2n) is 8.68. The first-order valence-corrected chi connectivity index (χ1v) is 12.0. The lowest BCUT2D eigenvalue weighted by Crippen LogP contribution is -2.34. The quantitative estimate of drug-likeness (QED) is 0.431. The van der Waals surface area contributed by atoms with Crippen LogP contribution >= 0.6 is 11.3 Å². The molecule has 1 aliphatic heterocycles. The van der Waals surface area contributed by atoms with Gasteiger partial charge in [-0.2, -0.15) is 0 Å². The van der Waals surface area contributed by atoms with Crippen LogP contribution in [-0.4, -0.2) is 45.5 Å². The molecule has 0 aliphatic carbocycles. The Labute approximate surface area is 196 Å². The summed E-state index contributed by atoms with van der Waals surface area (Å²) < 4.78 is 8.76. The van der Waals surface area contributed by atoms with E-state index in [2.05, 4.69) is 10.3 Å². The second-order valence-corrected chi connectivity index (χ2v) is 9.73. The molecule has 5 rings (SSSR count). The van der Waals surface area contributed by atoms with Gasteiger partial charge in [-0.1, -0.05) is 0 Å². The number of pyridine rings is 1. The third-order valence-corrected chi connectivity index (χ3v) is 6.91. The Kier molecular flexibility index (Phi) is 5.54. The fourth-order valence-electron chi connectivity index (χ4n) is 4.28. The summed E-state index contributed by atoms with van der Waals surface area (Å²) in [5, 5.41) is 3.86. The van der Waals surface area contributed by atoms with Gasteiger partial charge in [0, 0.05) is 42.5 Å². The molecule has 1 N–H and O–H groups in total. The number of aromatic nitrogens is 2. The molecule has 8 heteroatoms. The van der Waals surface area contributed by atoms with E-state index in [0.29, 0.717) is 16.4 Å². The zero-order valence-electron chi connectivity index (χ0n) is 18.9. The average Bonchev–Trinajstić information content (AvgIpc) is 3.50. The molecule has 7 nitrogen and oxygen atoms in total. The van der Waals surface area contributed by atoms with Crippen molar-refractivity contribution in [3.8, 4) is 11.5 Å². The Hall–Kier alpha value is -3.39. The van der Waals surface area contributed by atoms with Crippen LogP contribution in [0, 0.1) is 6.92 Å². The van der Waals surface area contributed by atoms with Crippen LogP contribution in [0.4, 0.5) is 4.79 Å². The van der Waals surface area contributed by atoms with E-state index in [0.717, 1.165) is 52.7 Å². The summed E-state index contributed by atoms with van der Waals surface area (Å²) in [5.74, 6) is 1.40. The number of nitrogens with one attached hydrogen (secondary N) is 1. The number of nitrogens with zero attached hydrogens (tertiary/aromatic N) is 3. The minimum Gasteiger partial charge on any atom is -0.456 e. The Morgan fingerprint density at radius 1 is 1.12 bits per heavy atom. The fraction of sp³-hybridized carbons (Fsp3) is 0.320. The number of hydrogen-bond donors (Lipinski definition) is 1. The SMILES string of the molecule is Cc1cc2cc(Oc3ccnc4cc(C(=O)N5CCCC5)sc34)ccc2n1C(=O)NC(C)C. The van der Waals surface area contributed by atoms with Gasteiger partial charge in [0.2, 0.25) is 0 Å². The summed E-state index contributed by atoms with van der Waals surface area (Å²) >= 11 is 1.42. The highest BCUT2D eigenvalue weighted by Gasteiger charge is 2.22. The first-order valence-electron chi connectivity index (χ1n) is 11.2. The molecular weight excluding hydrogens is 436 g/mol. The molecule has 4 heterocycles. The van der Waals surface area contributed by atoms with Gasteiger partial charge < -0.3 is 15.0 Å². The number of carbonyl (C=O) groups is 2. The van der Waals surface area contributed by atoms with Crippen LogP contribution in [0.2, 0.25) is 0 Å². The predicted molar refractivity (Wildman–Crippen MR) is 131 cm³/mol. The van der Waals surface area contributed by atoms with Gasteiger partial charge in [-0.3, -0.25) is 14.3 Å². The van der Waals surface area contributed by atoms with E-state index in [9.17, 15) is 9.59 Å². The Morgan fingerprint density at radius 3 is 2.67 bits per heavy atom. The molecule has 0 bridgehead atoms. The largest absolute Gasteiger partial charge is 0.456 e. The molecule has 1 aliphatic rings. The monoisotopic (exact) mass is 462 g/mol. The molecule has 1 fully saturated rings. The van der Waals surface area contributed by atoms with Gasteiger partial charge in [0.25, 0.3) is 5.91 Å². The van der Waals surface area contributed by atoms with Crippen molar-refractivity contribution in [2.45, 2.75) is 39.7 Å². The Morgan fingerprint density at radius 2 is 1.91 bits per heavy atom. The van der Waals surface area contributed by atoms with Gasteiger partial charge in [-0.05, 0) is 63.9 Å². The molecule has 3 aromatic heterocycles. The molecule has 33 heavy (non-hydrogen) atoms. The molecule has 170 valence electrons. The van der Waals surface area contributed by atoms with Crippen LogP contribution in [0.15, 0.2) is 42.6 Å². The predicted octanol–water partition coefficient (Wildman–Crippen LogP) is 5.55. The maximum Gasteiger partial charge on any atom is 0.326 e. The van der Waals surface area contributed by atoms with E-state index in [1.165, 1.54) is 11.3 Å². The molecule has 0 spiro atoms. The summed E-state index contributed by atoms with van der Waals surface area (Å²) in [6, 6.07) is 11.2. The number of benzene rings is 1. The normalized spacial score (nSPS) is 13.9. The van der Waals surface area contributed by atoms with E-state index in [1.54, 1.807) is 10.8 Å². The van der Waals surface area contributed by atoms with Crippen molar-refractivity contribution >= 4 is 44.4 Å². The van der Waals surface area contributed by atoms with Crippen LogP contribution < -0.4 is 10.1 Å². The van der Waals surface area contributed by atoms with E-state index in [4.69, 9.17) is 4.74 Å². The van der Waals surface area contributed by atoms with Gasteiger partial charge in [0.15, 0.2) is 0 Å². The Bertz CT molecular complexity index is 1370. The van der Waals surface area contributed by atoms with Gasteiger partial charge in [-0.15, -0.1) is 11.3 Å². The summed E-state index contributed by atoms with van der Waals surface area (Å²) in [6.45, 7) is 7.43. The number of fused-ring (bicyclic) bond motifs is 2. The van der Waals surface area contributed by atoms with Crippen molar-refractivity contribution in [3.05, 3.63) is 53.2 Å². The molecule has 0 saturated carbocycles. The van der Waals surface area contributed by atoms with Crippen molar-refractivity contribution in [2.24, 2.45) is 0 Å². The van der Waals surface area contributed by atoms with Crippen molar-refractivity contribution < 1.29 is 14.3 Å². The topological polar surface area (TPSA) is 76.5 Å². The highest BCUT2D eigenvalue weighted by molar-refractivity contribution is 7.21. The van der Waals surface area contributed by atoms with Gasteiger partial charge in [-0.25, -0.2) is 4.79 Å². The third-order valence-electron chi connectivity index (χ3n) is 5.78. The third kappa shape index (κ3) is 4.06. The minimum absolute atomic E-state index is 0.0547. The van der Waals surface area contributed by atoms with Crippen LogP contribution in [0.25, 0.3) is 21.1 Å². The molecular formula is C25H26N4O3S. The summed E-state index contributed by atoms with van der Waals surface area (Å²) in [7, 11) is 0. The van der Waals surface area contributed by atoms with Gasteiger partial charge in [0.05, 0.1) is 20.6 Å². The summed E-state index contributed by atoms with van der Waals surface area (Å²) in [5.41, 5.74) is 2.44. The van der Waals surface area contributed by atoms with E-state index in [-0.39, 0.29) is 18.0 Å². The number of ether oxygens (including phenoxy) is 1. The van der Waals surface area contributed by atoms with E-state index >= 15 is 0 Å². The van der Waals surface area contributed by atoms with Gasteiger partial charge >= 0.3 is 6.03 Å². The lowest BCUT2D eigenvalue weighted by Gasteiger charge is -2.13. The molecule has 1 aromatic carbocycles. The maximum atomic E-state index is 12.8. The van der Waals surface area contributed by atoms with Crippen LogP contribution in [0.1, 0.15) is 42.1 Å². The molecule has 0 unspecified atom stereocenters. The summed E-state index contributed by atoms with van der Waals surface area (Å²) in [6.07, 6.45) is 3.82. The highest BCUT2D eigenvalue weighted by Crippen LogP contribution is 2.36. The van der Waals surface area contributed by atoms with Crippen molar-refractivity contribution in [1.29, 1.82) is 0 Å².